The summed E-state index contributed by atoms with van der Waals surface area (Å²) in [7, 11) is 0. The fourth-order valence-electron chi connectivity index (χ4n) is 1.99. The highest BCUT2D eigenvalue weighted by Crippen LogP contribution is 2.13. The number of piperazine rings is 1. The summed E-state index contributed by atoms with van der Waals surface area (Å²) in [6, 6.07) is 0. The first kappa shape index (κ1) is 12.3. The Morgan fingerprint density at radius 3 is 2.71 bits per heavy atom. The van der Waals surface area contributed by atoms with Crippen LogP contribution < -0.4 is 0 Å². The fraction of sp³-hybridized carbons (Fsp3) is 0.636. The van der Waals surface area contributed by atoms with Crippen molar-refractivity contribution < 1.29 is 9.90 Å². The van der Waals surface area contributed by atoms with E-state index in [1.54, 1.807) is 11.3 Å². The highest BCUT2D eigenvalue weighted by atomic mass is 32.1. The Bertz CT molecular complexity index is 386. The quantitative estimate of drug-likeness (QED) is 0.884. The van der Waals surface area contributed by atoms with Crippen LogP contribution in [-0.2, 0) is 6.42 Å². The zero-order valence-corrected chi connectivity index (χ0v) is 10.7. The van der Waals surface area contributed by atoms with Gasteiger partial charge in [-0.25, -0.2) is 9.78 Å². The molecule has 1 amide bonds. The Balaban J connectivity index is 1.75. The number of aromatic nitrogens is 1. The van der Waals surface area contributed by atoms with E-state index in [4.69, 9.17) is 5.11 Å². The summed E-state index contributed by atoms with van der Waals surface area (Å²) in [4.78, 5) is 20.1. The molecular weight excluding hydrogens is 238 g/mol. The van der Waals surface area contributed by atoms with E-state index in [9.17, 15) is 4.79 Å². The molecule has 2 heterocycles. The molecular formula is C11H17N3O2S. The third kappa shape index (κ3) is 3.17. The van der Waals surface area contributed by atoms with Gasteiger partial charge in [0.2, 0.25) is 0 Å². The summed E-state index contributed by atoms with van der Waals surface area (Å²) >= 11 is 1.70. The molecule has 1 fully saturated rings. The van der Waals surface area contributed by atoms with E-state index in [1.165, 1.54) is 9.78 Å². The fourth-order valence-corrected chi connectivity index (χ4v) is 2.76. The van der Waals surface area contributed by atoms with Crippen molar-refractivity contribution >= 4 is 17.4 Å². The number of amides is 1. The maximum absolute atomic E-state index is 10.8. The van der Waals surface area contributed by atoms with Gasteiger partial charge in [-0.2, -0.15) is 0 Å². The summed E-state index contributed by atoms with van der Waals surface area (Å²) < 4.78 is 0. The summed E-state index contributed by atoms with van der Waals surface area (Å²) in [5.74, 6) is 0. The van der Waals surface area contributed by atoms with E-state index in [1.807, 2.05) is 12.4 Å². The maximum Gasteiger partial charge on any atom is 0.407 e. The van der Waals surface area contributed by atoms with Crippen molar-refractivity contribution in [1.29, 1.82) is 0 Å². The normalized spacial score (nSPS) is 17.4. The molecule has 94 valence electrons. The predicted octanol–water partition coefficient (Wildman–Crippen LogP) is 1.29. The third-order valence-corrected chi connectivity index (χ3v) is 4.14. The number of hydrogen-bond donors (Lipinski definition) is 1. The zero-order valence-electron chi connectivity index (χ0n) is 9.93. The first-order chi connectivity index (χ1) is 8.16. The van der Waals surface area contributed by atoms with Crippen molar-refractivity contribution in [2.45, 2.75) is 13.3 Å². The molecule has 1 aliphatic rings. The standard InChI is InChI=1S/C11H17N3O2S/c1-9-10(17-8-12-9)2-3-13-4-6-14(7-5-13)11(15)16/h8H,2-7H2,1H3,(H,15,16). The molecule has 0 bridgehead atoms. The van der Waals surface area contributed by atoms with Crippen LogP contribution >= 0.6 is 11.3 Å². The topological polar surface area (TPSA) is 56.7 Å². The van der Waals surface area contributed by atoms with Gasteiger partial charge in [-0.05, 0) is 13.3 Å². The molecule has 0 spiro atoms. The number of aryl methyl sites for hydroxylation is 1. The lowest BCUT2D eigenvalue weighted by atomic mass is 10.2. The van der Waals surface area contributed by atoms with Gasteiger partial charge in [-0.15, -0.1) is 11.3 Å². The molecule has 1 aromatic heterocycles. The predicted molar refractivity (Wildman–Crippen MR) is 66.6 cm³/mol. The molecule has 0 aliphatic carbocycles. The number of nitrogens with zero attached hydrogens (tertiary/aromatic N) is 3. The number of hydrogen-bond acceptors (Lipinski definition) is 4. The van der Waals surface area contributed by atoms with Crippen molar-refractivity contribution in [3.63, 3.8) is 0 Å². The minimum absolute atomic E-state index is 0.622. The van der Waals surface area contributed by atoms with E-state index < -0.39 is 6.09 Å². The SMILES string of the molecule is Cc1ncsc1CCN1CCN(C(=O)O)CC1. The largest absolute Gasteiger partial charge is 0.465 e. The zero-order chi connectivity index (χ0) is 12.3. The van der Waals surface area contributed by atoms with Crippen molar-refractivity contribution in [3.8, 4) is 0 Å². The number of rotatable bonds is 3. The molecule has 5 nitrogen and oxygen atoms in total. The van der Waals surface area contributed by atoms with Gasteiger partial charge in [0.05, 0.1) is 11.2 Å². The molecule has 0 atom stereocenters. The van der Waals surface area contributed by atoms with Crippen LogP contribution in [0.4, 0.5) is 4.79 Å². The van der Waals surface area contributed by atoms with Crippen LogP contribution in [0.3, 0.4) is 0 Å². The first-order valence-corrected chi connectivity index (χ1v) is 6.64. The minimum atomic E-state index is -0.803. The van der Waals surface area contributed by atoms with Gasteiger partial charge in [0.15, 0.2) is 0 Å². The van der Waals surface area contributed by atoms with Gasteiger partial charge in [0.1, 0.15) is 0 Å². The van der Waals surface area contributed by atoms with Crippen LogP contribution in [0.1, 0.15) is 10.6 Å². The average Bonchev–Trinajstić information content (AvgIpc) is 2.73. The Kier molecular flexibility index (Phi) is 3.96. The minimum Gasteiger partial charge on any atom is -0.465 e. The van der Waals surface area contributed by atoms with E-state index in [0.29, 0.717) is 13.1 Å². The molecule has 0 radical (unpaired) electrons. The monoisotopic (exact) mass is 255 g/mol. The van der Waals surface area contributed by atoms with Crippen molar-refractivity contribution in [2.24, 2.45) is 0 Å². The van der Waals surface area contributed by atoms with Crippen LogP contribution in [0, 0.1) is 6.92 Å². The van der Waals surface area contributed by atoms with Gasteiger partial charge in [0.25, 0.3) is 0 Å². The Hall–Kier alpha value is -1.14. The lowest BCUT2D eigenvalue weighted by Gasteiger charge is -2.32. The summed E-state index contributed by atoms with van der Waals surface area (Å²) in [6.45, 7) is 5.95. The molecule has 1 aromatic rings. The van der Waals surface area contributed by atoms with Crippen LogP contribution in [-0.4, -0.2) is 58.7 Å². The average molecular weight is 255 g/mol. The summed E-state index contributed by atoms with van der Waals surface area (Å²) in [5.41, 5.74) is 3.01. The van der Waals surface area contributed by atoms with Crippen molar-refractivity contribution in [3.05, 3.63) is 16.1 Å². The van der Waals surface area contributed by atoms with E-state index in [0.717, 1.165) is 31.7 Å². The second-order valence-electron chi connectivity index (χ2n) is 4.22. The Labute approximate surface area is 105 Å². The summed E-state index contributed by atoms with van der Waals surface area (Å²) in [6.07, 6.45) is 0.215. The van der Waals surface area contributed by atoms with Crippen molar-refractivity contribution in [2.75, 3.05) is 32.7 Å². The van der Waals surface area contributed by atoms with Gasteiger partial charge >= 0.3 is 6.09 Å². The van der Waals surface area contributed by atoms with Crippen LogP contribution in [0.15, 0.2) is 5.51 Å². The van der Waals surface area contributed by atoms with Crippen LogP contribution in [0.5, 0.6) is 0 Å². The molecule has 6 heteroatoms. The maximum atomic E-state index is 10.8. The summed E-state index contributed by atoms with van der Waals surface area (Å²) in [5, 5.41) is 8.84. The van der Waals surface area contributed by atoms with Gasteiger partial charge < -0.3 is 10.0 Å². The van der Waals surface area contributed by atoms with Crippen LogP contribution in [0.2, 0.25) is 0 Å². The third-order valence-electron chi connectivity index (χ3n) is 3.14. The molecule has 0 saturated carbocycles. The molecule has 0 aromatic carbocycles. The lowest BCUT2D eigenvalue weighted by molar-refractivity contribution is 0.106. The first-order valence-electron chi connectivity index (χ1n) is 5.76. The number of thiazole rings is 1. The highest BCUT2D eigenvalue weighted by molar-refractivity contribution is 7.09. The van der Waals surface area contributed by atoms with E-state index in [2.05, 4.69) is 9.88 Å². The second kappa shape index (κ2) is 5.46. The Morgan fingerprint density at radius 2 is 2.18 bits per heavy atom. The molecule has 17 heavy (non-hydrogen) atoms. The molecule has 2 rings (SSSR count). The van der Waals surface area contributed by atoms with Crippen LogP contribution in [0.25, 0.3) is 0 Å². The van der Waals surface area contributed by atoms with Gasteiger partial charge in [0, 0.05) is 37.6 Å². The van der Waals surface area contributed by atoms with Crippen molar-refractivity contribution in [1.82, 2.24) is 14.8 Å². The highest BCUT2D eigenvalue weighted by Gasteiger charge is 2.20. The lowest BCUT2D eigenvalue weighted by Crippen LogP contribution is -2.48. The second-order valence-corrected chi connectivity index (χ2v) is 5.16. The molecule has 1 aliphatic heterocycles. The molecule has 1 N–H and O–H groups in total. The number of carboxylic acid groups (broad SMARTS) is 1. The van der Waals surface area contributed by atoms with Gasteiger partial charge in [-0.1, -0.05) is 0 Å². The van der Waals surface area contributed by atoms with Gasteiger partial charge in [-0.3, -0.25) is 4.90 Å². The number of carbonyl (C=O) groups is 1. The van der Waals surface area contributed by atoms with E-state index >= 15 is 0 Å². The van der Waals surface area contributed by atoms with E-state index in [-0.39, 0.29) is 0 Å². The molecule has 1 saturated heterocycles. The smallest absolute Gasteiger partial charge is 0.407 e. The molecule has 0 unspecified atom stereocenters. The Morgan fingerprint density at radius 1 is 1.47 bits per heavy atom.